The third-order valence-electron chi connectivity index (χ3n) is 5.42. The minimum absolute atomic E-state index is 0.0271. The zero-order valence-corrected chi connectivity index (χ0v) is 15.5. The lowest BCUT2D eigenvalue weighted by molar-refractivity contribution is 0.0373. The average molecular weight is 341 g/mol. The number of nitrogens with zero attached hydrogens (tertiary/aromatic N) is 1. The Bertz CT molecular complexity index is 751. The monoisotopic (exact) mass is 341 g/mol. The molecule has 0 atom stereocenters. The molecule has 0 spiro atoms. The molecule has 2 aromatic rings. The van der Waals surface area contributed by atoms with Gasteiger partial charge in [-0.1, -0.05) is 37.2 Å². The molecule has 1 aromatic heterocycles. The number of rotatable bonds is 4. The first kappa shape index (κ1) is 17.7. The molecule has 132 valence electrons. The van der Waals surface area contributed by atoms with Gasteiger partial charge in [-0.3, -0.25) is 0 Å². The number of benzene rings is 1. The molecule has 25 heavy (non-hydrogen) atoms. The van der Waals surface area contributed by atoms with Crippen molar-refractivity contribution in [1.82, 2.24) is 5.16 Å². The molecule has 0 radical (unpaired) electrons. The van der Waals surface area contributed by atoms with Crippen molar-refractivity contribution in [1.29, 1.82) is 0 Å². The van der Waals surface area contributed by atoms with Crippen LogP contribution >= 0.6 is 0 Å². The van der Waals surface area contributed by atoms with Gasteiger partial charge in [0.2, 0.25) is 0 Å². The van der Waals surface area contributed by atoms with Crippen LogP contribution in [-0.4, -0.2) is 23.6 Å². The summed E-state index contributed by atoms with van der Waals surface area (Å²) in [7, 11) is 0. The molecule has 1 aliphatic heterocycles. The first-order chi connectivity index (χ1) is 11.7. The Balaban J connectivity index is 1.76. The summed E-state index contributed by atoms with van der Waals surface area (Å²) in [6, 6.07) is 8.92. The van der Waals surface area contributed by atoms with E-state index in [1.54, 1.807) is 24.3 Å². The summed E-state index contributed by atoms with van der Waals surface area (Å²) in [5, 5.41) is 4.09. The maximum atomic E-state index is 12.2. The molecule has 1 aromatic carbocycles. The highest BCUT2D eigenvalue weighted by atomic mass is 16.5. The SMILES string of the molecule is Cc1onc(COC(=O)c2ccccc2)c1B1CC(C)(C)C(C)(C)O1. The van der Waals surface area contributed by atoms with Crippen LogP contribution in [0.25, 0.3) is 0 Å². The summed E-state index contributed by atoms with van der Waals surface area (Å²) < 4.78 is 17.1. The van der Waals surface area contributed by atoms with Gasteiger partial charge >= 0.3 is 12.9 Å². The molecule has 0 aliphatic carbocycles. The molecule has 6 heteroatoms. The van der Waals surface area contributed by atoms with Gasteiger partial charge in [-0.2, -0.15) is 0 Å². The predicted octanol–water partition coefficient (Wildman–Crippen LogP) is 3.37. The molecule has 1 aliphatic rings. The molecule has 0 bridgehead atoms. The summed E-state index contributed by atoms with van der Waals surface area (Å²) in [6.07, 6.45) is 0.863. The Labute approximate surface area is 148 Å². The Kier molecular flexibility index (Phi) is 4.50. The highest BCUT2D eigenvalue weighted by molar-refractivity contribution is 6.69. The number of aryl methyl sites for hydroxylation is 1. The number of esters is 1. The van der Waals surface area contributed by atoms with Gasteiger partial charge in [0.05, 0.1) is 11.2 Å². The molecule has 3 rings (SSSR count). The molecule has 0 unspecified atom stereocenters. The Morgan fingerprint density at radius 2 is 1.92 bits per heavy atom. The number of carbonyl (C=O) groups is 1. The molecule has 1 saturated heterocycles. The van der Waals surface area contributed by atoms with Crippen LogP contribution in [0.5, 0.6) is 0 Å². The fourth-order valence-corrected chi connectivity index (χ4v) is 3.16. The van der Waals surface area contributed by atoms with Gasteiger partial charge in [0.1, 0.15) is 18.1 Å². The number of hydrogen-bond donors (Lipinski definition) is 0. The molecule has 5 nitrogen and oxygen atoms in total. The molecule has 0 N–H and O–H groups in total. The standard InChI is InChI=1S/C19H24BNO4/c1-13-16(20-12-18(2,3)19(4,5)25-20)15(21-24-13)11-23-17(22)14-9-7-6-8-10-14/h6-10H,11-12H2,1-5H3. The highest BCUT2D eigenvalue weighted by Crippen LogP contribution is 2.45. The van der Waals surface area contributed by atoms with E-state index < -0.39 is 0 Å². The third kappa shape index (κ3) is 3.36. The summed E-state index contributed by atoms with van der Waals surface area (Å²) in [5.41, 5.74) is 1.82. The van der Waals surface area contributed by atoms with Gasteiger partial charge in [0, 0.05) is 5.46 Å². The molecule has 0 amide bonds. The van der Waals surface area contributed by atoms with Crippen LogP contribution in [0.2, 0.25) is 6.32 Å². The molecular weight excluding hydrogens is 317 g/mol. The first-order valence-electron chi connectivity index (χ1n) is 8.56. The minimum atomic E-state index is -0.375. The van der Waals surface area contributed by atoms with E-state index >= 15 is 0 Å². The van der Waals surface area contributed by atoms with Gasteiger partial charge in [-0.05, 0) is 44.6 Å². The van der Waals surface area contributed by atoms with Crippen molar-refractivity contribution in [2.24, 2.45) is 5.41 Å². The van der Waals surface area contributed by atoms with Gasteiger partial charge in [0.15, 0.2) is 0 Å². The molecule has 1 fully saturated rings. The Hall–Kier alpha value is -2.08. The summed E-state index contributed by atoms with van der Waals surface area (Å²) >= 11 is 0. The number of hydrogen-bond acceptors (Lipinski definition) is 5. The minimum Gasteiger partial charge on any atom is -0.455 e. The van der Waals surface area contributed by atoms with E-state index in [4.69, 9.17) is 13.9 Å². The van der Waals surface area contributed by atoms with Crippen molar-refractivity contribution in [3.8, 4) is 0 Å². The molecular formula is C19H24BNO4. The average Bonchev–Trinajstić information content (AvgIpc) is 3.02. The van der Waals surface area contributed by atoms with Crippen molar-refractivity contribution in [3.05, 3.63) is 47.3 Å². The van der Waals surface area contributed by atoms with E-state index in [-0.39, 0.29) is 30.5 Å². The fourth-order valence-electron chi connectivity index (χ4n) is 3.16. The van der Waals surface area contributed by atoms with E-state index in [0.717, 1.165) is 11.8 Å². The van der Waals surface area contributed by atoms with E-state index in [9.17, 15) is 4.79 Å². The van der Waals surface area contributed by atoms with Crippen LogP contribution in [-0.2, 0) is 16.0 Å². The van der Waals surface area contributed by atoms with Crippen LogP contribution in [0.1, 0.15) is 49.5 Å². The zero-order valence-electron chi connectivity index (χ0n) is 15.5. The topological polar surface area (TPSA) is 61.6 Å². The van der Waals surface area contributed by atoms with Crippen LogP contribution in [0.4, 0.5) is 0 Å². The van der Waals surface area contributed by atoms with Crippen molar-refractivity contribution < 1.29 is 18.7 Å². The second-order valence-electron chi connectivity index (χ2n) is 7.75. The van der Waals surface area contributed by atoms with Crippen LogP contribution < -0.4 is 5.46 Å². The Morgan fingerprint density at radius 1 is 1.24 bits per heavy atom. The normalized spacial score (nSPS) is 18.4. The molecule has 2 heterocycles. The second-order valence-corrected chi connectivity index (χ2v) is 7.75. The quantitative estimate of drug-likeness (QED) is 0.630. The lowest BCUT2D eigenvalue weighted by Gasteiger charge is -2.34. The maximum Gasteiger partial charge on any atom is 0.338 e. The second kappa shape index (κ2) is 6.34. The van der Waals surface area contributed by atoms with Crippen molar-refractivity contribution in [3.63, 3.8) is 0 Å². The zero-order chi connectivity index (χ0) is 18.2. The van der Waals surface area contributed by atoms with E-state index in [0.29, 0.717) is 17.0 Å². The van der Waals surface area contributed by atoms with Crippen molar-refractivity contribution >= 4 is 18.3 Å². The lowest BCUT2D eigenvalue weighted by Crippen LogP contribution is -2.37. The van der Waals surface area contributed by atoms with E-state index in [1.165, 1.54) is 0 Å². The number of aromatic nitrogens is 1. The maximum absolute atomic E-state index is 12.2. The Morgan fingerprint density at radius 3 is 2.52 bits per heavy atom. The number of carbonyl (C=O) groups excluding carboxylic acids is 1. The summed E-state index contributed by atoms with van der Waals surface area (Å²) in [6.45, 7) is 10.4. The first-order valence-corrected chi connectivity index (χ1v) is 8.56. The largest absolute Gasteiger partial charge is 0.455 e. The van der Waals surface area contributed by atoms with Gasteiger partial charge in [-0.25, -0.2) is 4.79 Å². The number of ether oxygens (including phenoxy) is 1. The predicted molar refractivity (Wildman–Crippen MR) is 95.9 cm³/mol. The van der Waals surface area contributed by atoms with Gasteiger partial charge < -0.3 is 13.9 Å². The highest BCUT2D eigenvalue weighted by Gasteiger charge is 2.51. The van der Waals surface area contributed by atoms with Crippen LogP contribution in [0.3, 0.4) is 0 Å². The summed E-state index contributed by atoms with van der Waals surface area (Å²) in [4.78, 5) is 12.2. The molecule has 0 saturated carbocycles. The van der Waals surface area contributed by atoms with Gasteiger partial charge in [-0.15, -0.1) is 0 Å². The van der Waals surface area contributed by atoms with Crippen LogP contribution in [0.15, 0.2) is 34.9 Å². The fraction of sp³-hybridized carbons (Fsp3) is 0.474. The lowest BCUT2D eigenvalue weighted by atomic mass is 9.53. The van der Waals surface area contributed by atoms with Gasteiger partial charge in [0.25, 0.3) is 0 Å². The smallest absolute Gasteiger partial charge is 0.338 e. The van der Waals surface area contributed by atoms with Crippen molar-refractivity contribution in [2.75, 3.05) is 0 Å². The summed E-state index contributed by atoms with van der Waals surface area (Å²) in [5.74, 6) is 0.337. The third-order valence-corrected chi connectivity index (χ3v) is 5.42. The van der Waals surface area contributed by atoms with Crippen LogP contribution in [0, 0.1) is 12.3 Å². The van der Waals surface area contributed by atoms with Crippen molar-refractivity contribution in [2.45, 2.75) is 53.1 Å². The van der Waals surface area contributed by atoms with E-state index in [1.807, 2.05) is 13.0 Å². The van der Waals surface area contributed by atoms with E-state index in [2.05, 4.69) is 32.9 Å².